The van der Waals surface area contributed by atoms with Crippen LogP contribution in [0.5, 0.6) is 0 Å². The lowest BCUT2D eigenvalue weighted by Crippen LogP contribution is -2.19. The van der Waals surface area contributed by atoms with Crippen molar-refractivity contribution in [3.63, 3.8) is 0 Å². The molecule has 0 radical (unpaired) electrons. The van der Waals surface area contributed by atoms with E-state index in [0.717, 1.165) is 5.76 Å². The maximum Gasteiger partial charge on any atom is 0.331 e. The third-order valence-electron chi connectivity index (χ3n) is 2.53. The van der Waals surface area contributed by atoms with Gasteiger partial charge in [-0.15, -0.1) is 11.3 Å². The number of hydrogen-bond donors (Lipinski definition) is 1. The van der Waals surface area contributed by atoms with Crippen LogP contribution in [-0.2, 0) is 14.3 Å². The second-order valence-electron chi connectivity index (χ2n) is 4.21. The number of thiophene rings is 1. The number of nitrogens with one attached hydrogen (secondary N) is 1. The fourth-order valence-corrected chi connectivity index (χ4v) is 2.29. The first-order chi connectivity index (χ1) is 10.6. The number of hydrogen-bond acceptors (Lipinski definition) is 6. The van der Waals surface area contributed by atoms with E-state index in [1.807, 2.05) is 6.07 Å². The van der Waals surface area contributed by atoms with Gasteiger partial charge in [0, 0.05) is 6.08 Å². The first kappa shape index (κ1) is 15.5. The van der Waals surface area contributed by atoms with Crippen LogP contribution < -0.4 is 5.32 Å². The van der Waals surface area contributed by atoms with E-state index in [4.69, 9.17) is 14.4 Å². The standard InChI is InChI=1S/C15H12N2O4S/c1-10-2-3-12(21-10)4-5-14(19)20-9-13(18)17-15-11(8-16)6-7-22-15/h2-7H,9H2,1H3,(H,17,18)/b5-4+. The molecule has 2 rings (SSSR count). The van der Waals surface area contributed by atoms with Crippen LogP contribution >= 0.6 is 11.3 Å². The third-order valence-corrected chi connectivity index (χ3v) is 3.36. The predicted molar refractivity (Wildman–Crippen MR) is 81.1 cm³/mol. The molecule has 0 aliphatic rings. The number of aryl methyl sites for hydroxylation is 1. The molecule has 0 atom stereocenters. The summed E-state index contributed by atoms with van der Waals surface area (Å²) in [7, 11) is 0. The SMILES string of the molecule is Cc1ccc(/C=C/C(=O)OCC(=O)Nc2sccc2C#N)o1. The van der Waals surface area contributed by atoms with Crippen LogP contribution in [0.15, 0.2) is 34.1 Å². The number of carbonyl (C=O) groups excluding carboxylic acids is 2. The highest BCUT2D eigenvalue weighted by molar-refractivity contribution is 7.14. The summed E-state index contributed by atoms with van der Waals surface area (Å²) in [6.07, 6.45) is 2.64. The maximum atomic E-state index is 11.6. The van der Waals surface area contributed by atoms with Gasteiger partial charge in [-0.2, -0.15) is 5.26 Å². The Morgan fingerprint density at radius 2 is 2.27 bits per heavy atom. The van der Waals surface area contributed by atoms with Crippen molar-refractivity contribution in [3.8, 4) is 6.07 Å². The molecule has 0 aliphatic heterocycles. The molecule has 1 N–H and O–H groups in total. The minimum Gasteiger partial charge on any atom is -0.462 e. The zero-order chi connectivity index (χ0) is 15.9. The molecule has 0 fully saturated rings. The Bertz CT molecular complexity index is 752. The van der Waals surface area contributed by atoms with Gasteiger partial charge < -0.3 is 14.5 Å². The number of nitrogens with zero attached hydrogens (tertiary/aromatic N) is 1. The zero-order valence-corrected chi connectivity index (χ0v) is 12.5. The van der Waals surface area contributed by atoms with Crippen molar-refractivity contribution in [1.29, 1.82) is 5.26 Å². The van der Waals surface area contributed by atoms with Gasteiger partial charge in [0.1, 0.15) is 22.6 Å². The molecule has 112 valence electrons. The third kappa shape index (κ3) is 4.33. The van der Waals surface area contributed by atoms with Gasteiger partial charge in [-0.25, -0.2) is 4.79 Å². The number of amides is 1. The van der Waals surface area contributed by atoms with Crippen LogP contribution in [0, 0.1) is 18.3 Å². The Balaban J connectivity index is 1.80. The van der Waals surface area contributed by atoms with Crippen molar-refractivity contribution < 1.29 is 18.7 Å². The number of esters is 1. The van der Waals surface area contributed by atoms with E-state index < -0.39 is 18.5 Å². The largest absolute Gasteiger partial charge is 0.462 e. The monoisotopic (exact) mass is 316 g/mol. The molecule has 7 heteroatoms. The van der Waals surface area contributed by atoms with Crippen LogP contribution in [0.4, 0.5) is 5.00 Å². The average molecular weight is 316 g/mol. The highest BCUT2D eigenvalue weighted by Gasteiger charge is 2.09. The van der Waals surface area contributed by atoms with Crippen molar-refractivity contribution in [3.05, 3.63) is 46.7 Å². The van der Waals surface area contributed by atoms with Gasteiger partial charge in [-0.3, -0.25) is 4.79 Å². The molecule has 22 heavy (non-hydrogen) atoms. The van der Waals surface area contributed by atoms with Crippen molar-refractivity contribution in [2.75, 3.05) is 11.9 Å². The van der Waals surface area contributed by atoms with Gasteiger partial charge in [0.25, 0.3) is 5.91 Å². The summed E-state index contributed by atoms with van der Waals surface area (Å²) in [4.78, 5) is 23.1. The van der Waals surface area contributed by atoms with Crippen molar-refractivity contribution >= 4 is 34.3 Å². The van der Waals surface area contributed by atoms with Gasteiger partial charge in [0.2, 0.25) is 0 Å². The highest BCUT2D eigenvalue weighted by Crippen LogP contribution is 2.21. The molecule has 6 nitrogen and oxygen atoms in total. The second kappa shape index (κ2) is 7.24. The van der Waals surface area contributed by atoms with Crippen LogP contribution in [0.3, 0.4) is 0 Å². The highest BCUT2D eigenvalue weighted by atomic mass is 32.1. The molecule has 0 bridgehead atoms. The quantitative estimate of drug-likeness (QED) is 0.676. The van der Waals surface area contributed by atoms with Crippen LogP contribution in [0.25, 0.3) is 6.08 Å². The van der Waals surface area contributed by atoms with Gasteiger partial charge in [-0.1, -0.05) is 0 Å². The Hall–Kier alpha value is -2.85. The maximum absolute atomic E-state index is 11.6. The molecule has 0 saturated heterocycles. The molecule has 1 amide bonds. The molecular formula is C15H12N2O4S. The fourth-order valence-electron chi connectivity index (χ4n) is 1.53. The Morgan fingerprint density at radius 1 is 1.45 bits per heavy atom. The number of ether oxygens (including phenoxy) is 1. The summed E-state index contributed by atoms with van der Waals surface area (Å²) in [5, 5.41) is 13.5. The lowest BCUT2D eigenvalue weighted by molar-refractivity contribution is -0.142. The zero-order valence-electron chi connectivity index (χ0n) is 11.7. The average Bonchev–Trinajstić information content (AvgIpc) is 3.11. The lowest BCUT2D eigenvalue weighted by atomic mass is 10.3. The summed E-state index contributed by atoms with van der Waals surface area (Å²) >= 11 is 1.23. The van der Waals surface area contributed by atoms with E-state index in [2.05, 4.69) is 5.32 Å². The number of rotatable bonds is 5. The normalized spacial score (nSPS) is 10.4. The lowest BCUT2D eigenvalue weighted by Gasteiger charge is -2.03. The number of anilines is 1. The molecule has 2 aromatic heterocycles. The van der Waals surface area contributed by atoms with Crippen molar-refractivity contribution in [1.82, 2.24) is 0 Å². The molecule has 0 unspecified atom stereocenters. The minimum absolute atomic E-state index is 0.373. The van der Waals surface area contributed by atoms with Crippen molar-refractivity contribution in [2.24, 2.45) is 0 Å². The Morgan fingerprint density at radius 3 is 2.95 bits per heavy atom. The predicted octanol–water partition coefficient (Wildman–Crippen LogP) is 2.72. The number of carbonyl (C=O) groups is 2. The second-order valence-corrected chi connectivity index (χ2v) is 5.13. The van der Waals surface area contributed by atoms with Gasteiger partial charge in [0.15, 0.2) is 6.61 Å². The number of furan rings is 1. The van der Waals surface area contributed by atoms with Crippen molar-refractivity contribution in [2.45, 2.75) is 6.92 Å². The van der Waals surface area contributed by atoms with Gasteiger partial charge in [-0.05, 0) is 36.6 Å². The Labute approximate surface area is 130 Å². The van der Waals surface area contributed by atoms with E-state index >= 15 is 0 Å². The van der Waals surface area contributed by atoms with E-state index in [9.17, 15) is 9.59 Å². The fraction of sp³-hybridized carbons (Fsp3) is 0.133. The smallest absolute Gasteiger partial charge is 0.331 e. The molecule has 0 saturated carbocycles. The first-order valence-electron chi connectivity index (χ1n) is 6.27. The van der Waals surface area contributed by atoms with Crippen LogP contribution in [-0.4, -0.2) is 18.5 Å². The number of nitriles is 1. The van der Waals surface area contributed by atoms with E-state index in [0.29, 0.717) is 16.3 Å². The summed E-state index contributed by atoms with van der Waals surface area (Å²) in [6.45, 7) is 1.36. The molecule has 0 spiro atoms. The minimum atomic E-state index is -0.657. The molecular weight excluding hydrogens is 304 g/mol. The van der Waals surface area contributed by atoms with E-state index in [-0.39, 0.29) is 0 Å². The summed E-state index contributed by atoms with van der Waals surface area (Å²) in [5.74, 6) is 0.0956. The first-order valence-corrected chi connectivity index (χ1v) is 7.15. The van der Waals surface area contributed by atoms with E-state index in [1.165, 1.54) is 23.5 Å². The summed E-state index contributed by atoms with van der Waals surface area (Å²) in [5.41, 5.74) is 0.373. The van der Waals surface area contributed by atoms with Crippen LogP contribution in [0.1, 0.15) is 17.1 Å². The van der Waals surface area contributed by atoms with Crippen LogP contribution in [0.2, 0.25) is 0 Å². The molecule has 2 heterocycles. The Kier molecular flexibility index (Phi) is 5.11. The summed E-state index contributed by atoms with van der Waals surface area (Å²) < 4.78 is 10.0. The summed E-state index contributed by atoms with van der Waals surface area (Å²) in [6, 6.07) is 7.03. The molecule has 2 aromatic rings. The topological polar surface area (TPSA) is 92.3 Å². The molecule has 0 aliphatic carbocycles. The van der Waals surface area contributed by atoms with Gasteiger partial charge >= 0.3 is 5.97 Å². The molecule has 0 aromatic carbocycles. The van der Waals surface area contributed by atoms with Gasteiger partial charge in [0.05, 0.1) is 5.56 Å². The van der Waals surface area contributed by atoms with E-state index in [1.54, 1.807) is 30.5 Å².